The van der Waals surface area contributed by atoms with Gasteiger partial charge in [-0.05, 0) is 28.1 Å². The summed E-state index contributed by atoms with van der Waals surface area (Å²) in [6.07, 6.45) is 0. The molecule has 0 saturated heterocycles. The molecule has 0 saturated carbocycles. The van der Waals surface area contributed by atoms with Gasteiger partial charge in [0.25, 0.3) is 0 Å². The van der Waals surface area contributed by atoms with Crippen LogP contribution in [0.4, 0.5) is 5.88 Å². The Morgan fingerprint density at radius 3 is 2.41 bits per heavy atom. The van der Waals surface area contributed by atoms with E-state index >= 15 is 0 Å². The van der Waals surface area contributed by atoms with Gasteiger partial charge in [-0.25, -0.2) is 0 Å². The van der Waals surface area contributed by atoms with E-state index in [1.807, 2.05) is 0 Å². The third kappa shape index (κ3) is 2.08. The van der Waals surface area contributed by atoms with Crippen LogP contribution in [0, 0.1) is 0 Å². The van der Waals surface area contributed by atoms with Gasteiger partial charge in [0, 0.05) is 6.07 Å². The van der Waals surface area contributed by atoms with Crippen LogP contribution in [0.1, 0.15) is 0 Å². The Labute approximate surface area is 107 Å². The second-order valence-corrected chi connectivity index (χ2v) is 4.07. The normalized spacial score (nSPS) is 10.3. The molecule has 1 aromatic heterocycles. The smallest absolute Gasteiger partial charge is 0.222 e. The highest BCUT2D eigenvalue weighted by molar-refractivity contribution is 9.10. The zero-order valence-electron chi connectivity index (χ0n) is 9.36. The lowest BCUT2D eigenvalue weighted by atomic mass is 10.1. The van der Waals surface area contributed by atoms with E-state index in [2.05, 4.69) is 21.1 Å². The molecule has 0 aliphatic rings. The van der Waals surface area contributed by atoms with Crippen LogP contribution in [0.5, 0.6) is 11.5 Å². The van der Waals surface area contributed by atoms with E-state index in [0.29, 0.717) is 17.2 Å². The van der Waals surface area contributed by atoms with Crippen LogP contribution in [0.15, 0.2) is 27.2 Å². The van der Waals surface area contributed by atoms with Gasteiger partial charge in [-0.15, -0.1) is 0 Å². The molecule has 0 atom stereocenters. The molecule has 17 heavy (non-hydrogen) atoms. The highest BCUT2D eigenvalue weighted by Gasteiger charge is 2.17. The Morgan fingerprint density at radius 2 is 1.88 bits per heavy atom. The molecule has 6 heteroatoms. The van der Waals surface area contributed by atoms with Gasteiger partial charge in [0.1, 0.15) is 17.2 Å². The van der Waals surface area contributed by atoms with Crippen molar-refractivity contribution in [2.75, 3.05) is 20.0 Å². The van der Waals surface area contributed by atoms with Crippen LogP contribution in [-0.2, 0) is 0 Å². The number of aromatic nitrogens is 1. The van der Waals surface area contributed by atoms with Crippen molar-refractivity contribution in [2.24, 2.45) is 0 Å². The first-order valence-electron chi connectivity index (χ1n) is 4.80. The number of nitrogens with two attached hydrogens (primary N) is 1. The second-order valence-electron chi connectivity index (χ2n) is 3.27. The maximum absolute atomic E-state index is 5.51. The fourth-order valence-corrected chi connectivity index (χ4v) is 2.21. The number of hydrogen-bond acceptors (Lipinski definition) is 5. The molecule has 0 unspecified atom stereocenters. The minimum Gasteiger partial charge on any atom is -0.496 e. The van der Waals surface area contributed by atoms with Gasteiger partial charge in [0.15, 0.2) is 0 Å². The standard InChI is InChI=1S/C11H11BrN2O3/c1-15-7-3-4-8(16-2)11(12)10(7)6-5-9(13)17-14-6/h3-5H,13H2,1-2H3. The quantitative estimate of drug-likeness (QED) is 0.943. The first-order chi connectivity index (χ1) is 8.17. The van der Waals surface area contributed by atoms with Crippen LogP contribution >= 0.6 is 15.9 Å². The topological polar surface area (TPSA) is 70.5 Å². The van der Waals surface area contributed by atoms with Crippen LogP contribution in [0.25, 0.3) is 11.3 Å². The number of anilines is 1. The molecule has 5 nitrogen and oxygen atoms in total. The first kappa shape index (κ1) is 11.8. The summed E-state index contributed by atoms with van der Waals surface area (Å²) >= 11 is 3.45. The van der Waals surface area contributed by atoms with Crippen molar-refractivity contribution in [3.63, 3.8) is 0 Å². The summed E-state index contributed by atoms with van der Waals surface area (Å²) in [5.41, 5.74) is 6.84. The average molecular weight is 299 g/mol. The average Bonchev–Trinajstić information content (AvgIpc) is 2.75. The Balaban J connectivity index is 2.64. The van der Waals surface area contributed by atoms with E-state index in [1.54, 1.807) is 32.4 Å². The molecule has 0 aliphatic carbocycles. The van der Waals surface area contributed by atoms with Crippen LogP contribution in [-0.4, -0.2) is 19.4 Å². The number of nitrogens with zero attached hydrogens (tertiary/aromatic N) is 1. The summed E-state index contributed by atoms with van der Waals surface area (Å²) in [5, 5.41) is 3.87. The number of halogens is 1. The monoisotopic (exact) mass is 298 g/mol. The van der Waals surface area contributed by atoms with Gasteiger partial charge in [-0.2, -0.15) is 0 Å². The van der Waals surface area contributed by atoms with Gasteiger partial charge in [-0.1, -0.05) is 5.16 Å². The van der Waals surface area contributed by atoms with Crippen molar-refractivity contribution in [3.05, 3.63) is 22.7 Å². The largest absolute Gasteiger partial charge is 0.496 e. The number of methoxy groups -OCH3 is 2. The predicted octanol–water partition coefficient (Wildman–Crippen LogP) is 2.70. The third-order valence-electron chi connectivity index (χ3n) is 2.29. The molecule has 2 N–H and O–H groups in total. The SMILES string of the molecule is COc1ccc(OC)c(-c2cc(N)on2)c1Br. The van der Waals surface area contributed by atoms with Gasteiger partial charge in [-0.3, -0.25) is 0 Å². The third-order valence-corrected chi connectivity index (χ3v) is 3.08. The Morgan fingerprint density at radius 1 is 1.24 bits per heavy atom. The molecule has 90 valence electrons. The van der Waals surface area contributed by atoms with Gasteiger partial charge < -0.3 is 19.7 Å². The molecule has 0 radical (unpaired) electrons. The predicted molar refractivity (Wildman–Crippen MR) is 67.2 cm³/mol. The molecular weight excluding hydrogens is 288 g/mol. The van der Waals surface area contributed by atoms with E-state index < -0.39 is 0 Å². The van der Waals surface area contributed by atoms with Gasteiger partial charge in [0.05, 0.1) is 24.3 Å². The van der Waals surface area contributed by atoms with Crippen LogP contribution in [0.3, 0.4) is 0 Å². The number of benzene rings is 1. The lowest BCUT2D eigenvalue weighted by Gasteiger charge is -2.11. The molecule has 2 aromatic rings. The lowest BCUT2D eigenvalue weighted by Crippen LogP contribution is -1.92. The Kier molecular flexibility index (Phi) is 3.23. The van der Waals surface area contributed by atoms with E-state index in [-0.39, 0.29) is 5.88 Å². The molecule has 0 fully saturated rings. The Bertz CT molecular complexity index is 540. The van der Waals surface area contributed by atoms with Crippen molar-refractivity contribution in [1.82, 2.24) is 5.16 Å². The highest BCUT2D eigenvalue weighted by atomic mass is 79.9. The maximum Gasteiger partial charge on any atom is 0.222 e. The van der Waals surface area contributed by atoms with Crippen LogP contribution in [0.2, 0.25) is 0 Å². The molecule has 0 aliphatic heterocycles. The second kappa shape index (κ2) is 4.67. The molecular formula is C11H11BrN2O3. The fraction of sp³-hybridized carbons (Fsp3) is 0.182. The summed E-state index contributed by atoms with van der Waals surface area (Å²) in [4.78, 5) is 0. The minimum absolute atomic E-state index is 0.247. The summed E-state index contributed by atoms with van der Waals surface area (Å²) in [6, 6.07) is 5.22. The minimum atomic E-state index is 0.247. The molecule has 1 aromatic carbocycles. The van der Waals surface area contributed by atoms with Crippen LogP contribution < -0.4 is 15.2 Å². The van der Waals surface area contributed by atoms with Crippen molar-refractivity contribution < 1.29 is 14.0 Å². The zero-order chi connectivity index (χ0) is 12.4. The van der Waals surface area contributed by atoms with Crippen molar-refractivity contribution in [2.45, 2.75) is 0 Å². The summed E-state index contributed by atoms with van der Waals surface area (Å²) < 4.78 is 16.1. The number of rotatable bonds is 3. The summed E-state index contributed by atoms with van der Waals surface area (Å²) in [7, 11) is 3.18. The maximum atomic E-state index is 5.51. The Hall–Kier alpha value is -1.69. The fourth-order valence-electron chi connectivity index (χ4n) is 1.51. The summed E-state index contributed by atoms with van der Waals surface area (Å²) in [5.74, 6) is 1.59. The first-order valence-corrected chi connectivity index (χ1v) is 5.59. The summed E-state index contributed by atoms with van der Waals surface area (Å²) in [6.45, 7) is 0. The van der Waals surface area contributed by atoms with Crippen molar-refractivity contribution in [3.8, 4) is 22.8 Å². The van der Waals surface area contributed by atoms with E-state index in [9.17, 15) is 0 Å². The number of ether oxygens (including phenoxy) is 2. The van der Waals surface area contributed by atoms with Gasteiger partial charge in [0.2, 0.25) is 5.88 Å². The van der Waals surface area contributed by atoms with E-state index in [1.165, 1.54) is 0 Å². The lowest BCUT2D eigenvalue weighted by molar-refractivity contribution is 0.401. The van der Waals surface area contributed by atoms with Crippen molar-refractivity contribution >= 4 is 21.8 Å². The molecule has 0 bridgehead atoms. The van der Waals surface area contributed by atoms with E-state index in [0.717, 1.165) is 10.0 Å². The highest BCUT2D eigenvalue weighted by Crippen LogP contribution is 2.41. The van der Waals surface area contributed by atoms with E-state index in [4.69, 9.17) is 19.7 Å². The number of nitrogen functional groups attached to an aromatic ring is 1. The molecule has 1 heterocycles. The molecule has 0 amide bonds. The number of hydrogen-bond donors (Lipinski definition) is 1. The zero-order valence-corrected chi connectivity index (χ0v) is 10.9. The van der Waals surface area contributed by atoms with Gasteiger partial charge >= 0.3 is 0 Å². The molecule has 2 rings (SSSR count). The van der Waals surface area contributed by atoms with Crippen molar-refractivity contribution in [1.29, 1.82) is 0 Å². The molecule has 0 spiro atoms.